The Labute approximate surface area is 91.1 Å². The molecule has 80 valence electrons. The van der Waals surface area contributed by atoms with Gasteiger partial charge in [-0.3, -0.25) is 9.79 Å². The van der Waals surface area contributed by atoms with Crippen molar-refractivity contribution in [3.63, 3.8) is 0 Å². The molecule has 0 amide bonds. The summed E-state index contributed by atoms with van der Waals surface area (Å²) >= 11 is 0. The fourth-order valence-electron chi connectivity index (χ4n) is 1.29. The predicted molar refractivity (Wildman–Crippen MR) is 64.0 cm³/mol. The van der Waals surface area contributed by atoms with Crippen molar-refractivity contribution < 1.29 is 4.79 Å². The van der Waals surface area contributed by atoms with Gasteiger partial charge in [0.25, 0.3) is 0 Å². The summed E-state index contributed by atoms with van der Waals surface area (Å²) in [6.07, 6.45) is 9.23. The zero-order valence-corrected chi connectivity index (χ0v) is 9.58. The van der Waals surface area contributed by atoms with Gasteiger partial charge in [0.05, 0.1) is 0 Å². The summed E-state index contributed by atoms with van der Waals surface area (Å²) in [5.41, 5.74) is 2.88. The number of nitrogens with zero attached hydrogens (tertiary/aromatic N) is 1. The lowest BCUT2D eigenvalue weighted by atomic mass is 10.1. The molecule has 0 aromatic rings. The van der Waals surface area contributed by atoms with Crippen LogP contribution in [0.15, 0.2) is 40.6 Å². The molecule has 1 aliphatic rings. The number of ketones is 1. The van der Waals surface area contributed by atoms with Gasteiger partial charge in [-0.05, 0) is 26.3 Å². The predicted octanol–water partition coefficient (Wildman–Crippen LogP) is 3.22. The lowest BCUT2D eigenvalue weighted by molar-refractivity contribution is -0.113. The number of allylic oxidation sites excluding steroid dienone is 5. The van der Waals surface area contributed by atoms with Crippen molar-refractivity contribution in [1.29, 1.82) is 0 Å². The summed E-state index contributed by atoms with van der Waals surface area (Å²) in [5.74, 6) is 0.122. The zero-order chi connectivity index (χ0) is 11.3. The minimum atomic E-state index is 0.122. The molecular weight excluding hydrogens is 186 g/mol. The average Bonchev–Trinajstić information content (AvgIpc) is 2.43. The highest BCUT2D eigenvalue weighted by molar-refractivity contribution is 5.94. The Kier molecular flexibility index (Phi) is 4.22. The Morgan fingerprint density at radius 3 is 2.60 bits per heavy atom. The molecule has 1 aliphatic carbocycles. The highest BCUT2D eigenvalue weighted by Crippen LogP contribution is 2.17. The van der Waals surface area contributed by atoms with E-state index in [9.17, 15) is 4.79 Å². The van der Waals surface area contributed by atoms with Crippen molar-refractivity contribution in [2.45, 2.75) is 33.6 Å². The highest BCUT2D eigenvalue weighted by atomic mass is 16.1. The molecule has 0 aromatic heterocycles. The van der Waals surface area contributed by atoms with E-state index in [1.807, 2.05) is 31.2 Å². The Bertz CT molecular complexity index is 370. The van der Waals surface area contributed by atoms with Gasteiger partial charge in [-0.2, -0.15) is 0 Å². The summed E-state index contributed by atoms with van der Waals surface area (Å²) < 4.78 is 0. The molecule has 0 heterocycles. The molecule has 0 radical (unpaired) electrons. The minimum Gasteiger partial charge on any atom is -0.295 e. The molecule has 0 aromatic carbocycles. The van der Waals surface area contributed by atoms with Gasteiger partial charge in [-0.1, -0.05) is 25.2 Å². The number of carbonyl (C=O) groups excluding carboxylic acids is 1. The van der Waals surface area contributed by atoms with Gasteiger partial charge >= 0.3 is 0 Å². The smallest absolute Gasteiger partial charge is 0.156 e. The molecule has 0 bridgehead atoms. The van der Waals surface area contributed by atoms with Crippen molar-refractivity contribution in [3.8, 4) is 0 Å². The second kappa shape index (κ2) is 5.44. The molecule has 2 heteroatoms. The van der Waals surface area contributed by atoms with Gasteiger partial charge in [0.2, 0.25) is 0 Å². The lowest BCUT2D eigenvalue weighted by Gasteiger charge is -2.03. The van der Waals surface area contributed by atoms with E-state index in [1.165, 1.54) is 0 Å². The van der Waals surface area contributed by atoms with Crippen molar-refractivity contribution in [2.24, 2.45) is 4.99 Å². The van der Waals surface area contributed by atoms with E-state index in [4.69, 9.17) is 0 Å². The van der Waals surface area contributed by atoms with Gasteiger partial charge in [0, 0.05) is 23.4 Å². The van der Waals surface area contributed by atoms with Crippen LogP contribution in [0.25, 0.3) is 0 Å². The molecule has 2 nitrogen and oxygen atoms in total. The maximum atomic E-state index is 11.3. The SMILES string of the molecule is CC/C(C)=N/C1=CC=CC=C(C(C)=O)C1. The van der Waals surface area contributed by atoms with Gasteiger partial charge < -0.3 is 0 Å². The van der Waals surface area contributed by atoms with E-state index in [0.29, 0.717) is 6.42 Å². The van der Waals surface area contributed by atoms with Gasteiger partial charge in [0.15, 0.2) is 5.78 Å². The quantitative estimate of drug-likeness (QED) is 0.647. The summed E-state index contributed by atoms with van der Waals surface area (Å²) in [5, 5.41) is 0. The maximum Gasteiger partial charge on any atom is 0.156 e. The van der Waals surface area contributed by atoms with E-state index >= 15 is 0 Å². The van der Waals surface area contributed by atoms with Crippen LogP contribution in [0, 0.1) is 0 Å². The van der Waals surface area contributed by atoms with E-state index in [0.717, 1.165) is 23.4 Å². The summed E-state index contributed by atoms with van der Waals surface area (Å²) in [7, 11) is 0. The minimum absolute atomic E-state index is 0.122. The van der Waals surface area contributed by atoms with E-state index in [1.54, 1.807) is 6.92 Å². The maximum absolute atomic E-state index is 11.3. The third kappa shape index (κ3) is 3.66. The number of hydrogen-bond acceptors (Lipinski definition) is 2. The van der Waals surface area contributed by atoms with E-state index < -0.39 is 0 Å². The molecule has 1 rings (SSSR count). The Hall–Kier alpha value is -1.44. The fraction of sp³-hybridized carbons (Fsp3) is 0.385. The van der Waals surface area contributed by atoms with Crippen molar-refractivity contribution >= 4 is 11.5 Å². The molecule has 0 fully saturated rings. The van der Waals surface area contributed by atoms with Crippen LogP contribution in [0.1, 0.15) is 33.6 Å². The molecule has 15 heavy (non-hydrogen) atoms. The molecule has 0 saturated heterocycles. The fourth-order valence-corrected chi connectivity index (χ4v) is 1.29. The van der Waals surface area contributed by atoms with Crippen LogP contribution in [0.3, 0.4) is 0 Å². The first-order chi connectivity index (χ1) is 7.13. The third-order valence-corrected chi connectivity index (χ3v) is 2.37. The van der Waals surface area contributed by atoms with Crippen molar-refractivity contribution in [2.75, 3.05) is 0 Å². The van der Waals surface area contributed by atoms with Crippen LogP contribution in [0.5, 0.6) is 0 Å². The normalized spacial score (nSPS) is 16.9. The number of rotatable bonds is 3. The lowest BCUT2D eigenvalue weighted by Crippen LogP contribution is -1.98. The first-order valence-corrected chi connectivity index (χ1v) is 5.25. The Morgan fingerprint density at radius 1 is 1.33 bits per heavy atom. The standard InChI is InChI=1S/C13H17NO/c1-4-10(2)14-13-8-6-5-7-12(9-13)11(3)15/h5-8H,4,9H2,1-3H3/b14-10+. The van der Waals surface area contributed by atoms with Crippen LogP contribution in [-0.4, -0.2) is 11.5 Å². The van der Waals surface area contributed by atoms with E-state index in [-0.39, 0.29) is 5.78 Å². The third-order valence-electron chi connectivity index (χ3n) is 2.37. The highest BCUT2D eigenvalue weighted by Gasteiger charge is 2.07. The van der Waals surface area contributed by atoms with Crippen LogP contribution in [-0.2, 0) is 4.79 Å². The molecule has 0 saturated carbocycles. The topological polar surface area (TPSA) is 29.4 Å². The van der Waals surface area contributed by atoms with Gasteiger partial charge in [-0.15, -0.1) is 0 Å². The number of hydrogen-bond donors (Lipinski definition) is 0. The van der Waals surface area contributed by atoms with E-state index in [2.05, 4.69) is 11.9 Å². The number of carbonyl (C=O) groups is 1. The molecule has 0 N–H and O–H groups in total. The van der Waals surface area contributed by atoms with Crippen LogP contribution < -0.4 is 0 Å². The Morgan fingerprint density at radius 2 is 2.00 bits per heavy atom. The molecule has 0 spiro atoms. The second-order valence-corrected chi connectivity index (χ2v) is 3.67. The number of aliphatic imine (C=N–C) groups is 1. The first kappa shape index (κ1) is 11.6. The molecular formula is C13H17NO. The van der Waals surface area contributed by atoms with Crippen molar-refractivity contribution in [1.82, 2.24) is 0 Å². The summed E-state index contributed by atoms with van der Waals surface area (Å²) in [6, 6.07) is 0. The van der Waals surface area contributed by atoms with Gasteiger partial charge in [0.1, 0.15) is 0 Å². The van der Waals surface area contributed by atoms with Crippen LogP contribution in [0.4, 0.5) is 0 Å². The summed E-state index contributed by atoms with van der Waals surface area (Å²) in [4.78, 5) is 15.8. The average molecular weight is 203 g/mol. The van der Waals surface area contributed by atoms with Crippen LogP contribution >= 0.6 is 0 Å². The first-order valence-electron chi connectivity index (χ1n) is 5.25. The van der Waals surface area contributed by atoms with Crippen molar-refractivity contribution in [3.05, 3.63) is 35.6 Å². The zero-order valence-electron chi connectivity index (χ0n) is 9.58. The van der Waals surface area contributed by atoms with Crippen LogP contribution in [0.2, 0.25) is 0 Å². The summed E-state index contributed by atoms with van der Waals surface area (Å²) in [6.45, 7) is 5.68. The molecule has 0 aliphatic heterocycles. The molecule has 0 atom stereocenters. The number of Topliss-reactive ketones (excluding diaryl/α,β-unsaturated/α-hetero) is 1. The largest absolute Gasteiger partial charge is 0.295 e. The van der Waals surface area contributed by atoms with Gasteiger partial charge in [-0.25, -0.2) is 0 Å². The second-order valence-electron chi connectivity index (χ2n) is 3.67. The Balaban J connectivity index is 2.86. The monoisotopic (exact) mass is 203 g/mol. The molecule has 0 unspecified atom stereocenters.